The molecule has 0 aromatic carbocycles. The second kappa shape index (κ2) is 12.4. The van der Waals surface area contributed by atoms with Crippen LogP contribution in [0.1, 0.15) is 92.9 Å². The first-order valence-electron chi connectivity index (χ1n) is 15.5. The summed E-state index contributed by atoms with van der Waals surface area (Å²) in [5, 5.41) is 0. The Kier molecular flexibility index (Phi) is 9.58. The van der Waals surface area contributed by atoms with Crippen LogP contribution in [0.5, 0.6) is 0 Å². The van der Waals surface area contributed by atoms with E-state index in [2.05, 4.69) is 24.7 Å². The maximum atomic E-state index is 13.4. The minimum atomic E-state index is -5.05. The molecule has 3 fully saturated rings. The molecule has 0 saturated heterocycles. The van der Waals surface area contributed by atoms with Gasteiger partial charge in [0.2, 0.25) is 0 Å². The van der Waals surface area contributed by atoms with Crippen molar-refractivity contribution in [2.75, 3.05) is 6.61 Å². The zero-order valence-electron chi connectivity index (χ0n) is 26.1. The van der Waals surface area contributed by atoms with Crippen molar-refractivity contribution in [2.45, 2.75) is 111 Å². The van der Waals surface area contributed by atoms with E-state index < -0.39 is 42.1 Å². The van der Waals surface area contributed by atoms with E-state index in [1.807, 2.05) is 13.0 Å². The number of fused-ring (bicyclic) bond motifs is 5. The summed E-state index contributed by atoms with van der Waals surface area (Å²) in [7, 11) is 0. The summed E-state index contributed by atoms with van der Waals surface area (Å²) in [6.45, 7) is 10.4. The smallest absolute Gasteiger partial charge is 0.463 e. The van der Waals surface area contributed by atoms with Gasteiger partial charge in [0.25, 0.3) is 0 Å². The van der Waals surface area contributed by atoms with Gasteiger partial charge in [-0.05, 0) is 86.5 Å². The van der Waals surface area contributed by atoms with Crippen LogP contribution in [0.4, 0.5) is 13.2 Å². The summed E-state index contributed by atoms with van der Waals surface area (Å²) in [4.78, 5) is 48.5. The SMILES string of the molecule is CC(=O)O[C@H]1CC[C@@]2(C)[C@@H](CC[C@H]3C4=CC=C([C@H](C)C(=O)CC[C@@H](C)COC(=O)C(F)(F)F)[C@@]4(C)[C@H](OC(C)=O)C[C@@H]32)C1. The van der Waals surface area contributed by atoms with E-state index >= 15 is 0 Å². The number of allylic oxidation sites excluding steroid dienone is 2. The summed E-state index contributed by atoms with van der Waals surface area (Å²) in [6.07, 6.45) is 4.26. The molecule has 7 nitrogen and oxygen atoms in total. The van der Waals surface area contributed by atoms with Crippen LogP contribution in [0.25, 0.3) is 0 Å². The van der Waals surface area contributed by atoms with Crippen LogP contribution in [0, 0.1) is 40.4 Å². The van der Waals surface area contributed by atoms with E-state index in [0.717, 1.165) is 37.7 Å². The molecule has 4 rings (SSSR count). The van der Waals surface area contributed by atoms with Crippen molar-refractivity contribution in [3.63, 3.8) is 0 Å². The molecule has 9 atom stereocenters. The summed E-state index contributed by atoms with van der Waals surface area (Å²) >= 11 is 0. The van der Waals surface area contributed by atoms with E-state index in [-0.39, 0.29) is 53.9 Å². The lowest BCUT2D eigenvalue weighted by Gasteiger charge is -2.61. The molecular formula is C33H45F3O7. The number of rotatable bonds is 9. The first kappa shape index (κ1) is 33.2. The Labute approximate surface area is 251 Å². The predicted molar refractivity (Wildman–Crippen MR) is 151 cm³/mol. The molecule has 4 aliphatic carbocycles. The van der Waals surface area contributed by atoms with Crippen molar-refractivity contribution in [1.29, 1.82) is 0 Å². The number of ketones is 1. The van der Waals surface area contributed by atoms with Crippen molar-refractivity contribution in [3.05, 3.63) is 23.3 Å². The van der Waals surface area contributed by atoms with Crippen LogP contribution in [0.15, 0.2) is 23.3 Å². The quantitative estimate of drug-likeness (QED) is 0.212. The van der Waals surface area contributed by atoms with Crippen molar-refractivity contribution < 1.29 is 46.6 Å². The van der Waals surface area contributed by atoms with E-state index in [0.29, 0.717) is 12.3 Å². The highest BCUT2D eigenvalue weighted by molar-refractivity contribution is 5.84. The Morgan fingerprint density at radius 3 is 2.28 bits per heavy atom. The highest BCUT2D eigenvalue weighted by Gasteiger charge is 2.61. The van der Waals surface area contributed by atoms with Crippen LogP contribution in [-0.2, 0) is 33.4 Å². The fraction of sp³-hybridized carbons (Fsp3) is 0.758. The third kappa shape index (κ3) is 6.58. The first-order chi connectivity index (χ1) is 20.0. The minimum absolute atomic E-state index is 0.00995. The van der Waals surface area contributed by atoms with Gasteiger partial charge in [0.1, 0.15) is 18.0 Å². The van der Waals surface area contributed by atoms with Crippen LogP contribution >= 0.6 is 0 Å². The maximum Gasteiger partial charge on any atom is 0.490 e. The van der Waals surface area contributed by atoms with Gasteiger partial charge in [0.15, 0.2) is 0 Å². The monoisotopic (exact) mass is 610 g/mol. The lowest BCUT2D eigenvalue weighted by molar-refractivity contribution is -0.200. The molecule has 10 heteroatoms. The topological polar surface area (TPSA) is 96.0 Å². The van der Waals surface area contributed by atoms with Crippen LogP contribution < -0.4 is 0 Å². The van der Waals surface area contributed by atoms with Gasteiger partial charge in [-0.3, -0.25) is 14.4 Å². The molecule has 43 heavy (non-hydrogen) atoms. The summed E-state index contributed by atoms with van der Waals surface area (Å²) in [5.41, 5.74) is 1.49. The average Bonchev–Trinajstić information content (AvgIpc) is 3.27. The highest BCUT2D eigenvalue weighted by atomic mass is 19.4. The zero-order valence-corrected chi connectivity index (χ0v) is 26.1. The number of halogens is 3. The van der Waals surface area contributed by atoms with E-state index in [9.17, 15) is 32.3 Å². The molecule has 0 bridgehead atoms. The molecule has 0 aromatic heterocycles. The number of hydrogen-bond acceptors (Lipinski definition) is 7. The first-order valence-corrected chi connectivity index (χ1v) is 15.5. The molecule has 0 aromatic rings. The number of esters is 3. The summed E-state index contributed by atoms with van der Waals surface area (Å²) in [5.74, 6) is -2.83. The minimum Gasteiger partial charge on any atom is -0.463 e. The third-order valence-electron chi connectivity index (χ3n) is 11.0. The molecule has 0 aliphatic heterocycles. The molecule has 0 spiro atoms. The number of ether oxygens (including phenoxy) is 3. The molecule has 0 unspecified atom stereocenters. The molecule has 0 N–H and O–H groups in total. The molecule has 3 saturated carbocycles. The molecule has 0 amide bonds. The average molecular weight is 611 g/mol. The molecule has 0 radical (unpaired) electrons. The van der Waals surface area contributed by atoms with Gasteiger partial charge in [-0.15, -0.1) is 0 Å². The van der Waals surface area contributed by atoms with Gasteiger partial charge in [0.05, 0.1) is 6.61 Å². The number of hydrogen-bond donors (Lipinski definition) is 0. The van der Waals surface area contributed by atoms with Gasteiger partial charge < -0.3 is 14.2 Å². The van der Waals surface area contributed by atoms with Gasteiger partial charge in [-0.25, -0.2) is 4.79 Å². The van der Waals surface area contributed by atoms with E-state index in [4.69, 9.17) is 9.47 Å². The lowest BCUT2D eigenvalue weighted by atomic mass is 9.45. The summed E-state index contributed by atoms with van der Waals surface area (Å²) < 4.78 is 53.3. The van der Waals surface area contributed by atoms with Crippen molar-refractivity contribution >= 4 is 23.7 Å². The van der Waals surface area contributed by atoms with E-state index in [1.165, 1.54) is 19.4 Å². The van der Waals surface area contributed by atoms with Crippen LogP contribution in [-0.4, -0.2) is 48.7 Å². The van der Waals surface area contributed by atoms with E-state index in [1.54, 1.807) is 6.92 Å². The van der Waals surface area contributed by atoms with Crippen molar-refractivity contribution in [3.8, 4) is 0 Å². The van der Waals surface area contributed by atoms with Crippen molar-refractivity contribution in [2.24, 2.45) is 40.4 Å². The van der Waals surface area contributed by atoms with Gasteiger partial charge in [-0.2, -0.15) is 13.2 Å². The normalized spacial score (nSPS) is 34.8. The Morgan fingerprint density at radius 2 is 1.65 bits per heavy atom. The Morgan fingerprint density at radius 1 is 0.977 bits per heavy atom. The Balaban J connectivity index is 1.48. The highest BCUT2D eigenvalue weighted by Crippen LogP contribution is 2.66. The Bertz CT molecular complexity index is 1190. The molecular weight excluding hydrogens is 565 g/mol. The number of carbonyl (C=O) groups is 4. The molecule has 0 heterocycles. The summed E-state index contributed by atoms with van der Waals surface area (Å²) in [6, 6.07) is 0. The van der Waals surface area contributed by atoms with Gasteiger partial charge in [0, 0.05) is 31.6 Å². The van der Waals surface area contributed by atoms with Crippen molar-refractivity contribution in [1.82, 2.24) is 0 Å². The second-order valence-corrected chi connectivity index (χ2v) is 13.7. The van der Waals surface area contributed by atoms with Gasteiger partial charge >= 0.3 is 24.1 Å². The number of Topliss-reactive ketones (excluding diaryl/α,β-unsaturated/α-hetero) is 1. The second-order valence-electron chi connectivity index (χ2n) is 13.7. The molecule has 4 aliphatic rings. The maximum absolute atomic E-state index is 13.4. The molecule has 240 valence electrons. The lowest BCUT2D eigenvalue weighted by Crippen LogP contribution is -2.56. The van der Waals surface area contributed by atoms with Gasteiger partial charge in [-0.1, -0.05) is 38.5 Å². The van der Waals surface area contributed by atoms with Crippen LogP contribution in [0.3, 0.4) is 0 Å². The fourth-order valence-electron chi connectivity index (χ4n) is 8.67. The Hall–Kier alpha value is -2.65. The largest absolute Gasteiger partial charge is 0.490 e. The zero-order chi connectivity index (χ0) is 31.9. The standard InChI is InChI=1S/C33H45F3O7/c1-18(17-41-30(40)33(34,35)36)7-12-28(39)19(2)25-10-11-26-24-9-8-22-15-23(42-20(3)37)13-14-31(22,5)27(24)16-29(32(25,26)6)43-21(4)38/h10-11,18-19,22-24,27,29H,7-9,12-17H2,1-6H3/t18-,19+,22+,23+,24+,27+,29-,31+,32-/m1/s1. The predicted octanol–water partition coefficient (Wildman–Crippen LogP) is 6.69. The van der Waals surface area contributed by atoms with Crippen LogP contribution in [0.2, 0.25) is 0 Å². The third-order valence-corrected chi connectivity index (χ3v) is 11.0. The number of alkyl halides is 3. The number of carbonyl (C=O) groups excluding carboxylic acids is 4. The fourth-order valence-corrected chi connectivity index (χ4v) is 8.67.